The lowest BCUT2D eigenvalue weighted by atomic mass is 10.2. The molecular formula is C16H25Cl2F2N3O. The first-order chi connectivity index (χ1) is 10.7. The van der Waals surface area contributed by atoms with Gasteiger partial charge in [-0.05, 0) is 25.9 Å². The summed E-state index contributed by atoms with van der Waals surface area (Å²) in [7, 11) is 0. The Morgan fingerprint density at radius 2 is 1.54 bits per heavy atom. The van der Waals surface area contributed by atoms with E-state index in [1.165, 1.54) is 25.0 Å². The number of nitrogens with one attached hydrogen (secondary N) is 1. The smallest absolute Gasteiger partial charge is 0.153 e. The van der Waals surface area contributed by atoms with Crippen LogP contribution < -0.4 is 15.0 Å². The van der Waals surface area contributed by atoms with Gasteiger partial charge in [-0.25, -0.2) is 8.78 Å². The van der Waals surface area contributed by atoms with Crippen LogP contribution in [-0.4, -0.2) is 57.3 Å². The second-order valence-corrected chi connectivity index (χ2v) is 5.87. The molecule has 1 aromatic rings. The second kappa shape index (κ2) is 10.2. The monoisotopic (exact) mass is 383 g/mol. The normalized spacial score (nSPS) is 18.0. The van der Waals surface area contributed by atoms with Crippen LogP contribution >= 0.6 is 24.8 Å². The van der Waals surface area contributed by atoms with Gasteiger partial charge in [0.1, 0.15) is 18.0 Å². The highest BCUT2D eigenvalue weighted by Gasteiger charge is 2.20. The zero-order valence-corrected chi connectivity index (χ0v) is 15.2. The zero-order chi connectivity index (χ0) is 15.4. The van der Waals surface area contributed by atoms with Gasteiger partial charge in [0.25, 0.3) is 0 Å². The van der Waals surface area contributed by atoms with Crippen LogP contribution in [0.4, 0.5) is 14.5 Å². The average Bonchev–Trinajstić information content (AvgIpc) is 3.01. The van der Waals surface area contributed by atoms with Crippen molar-refractivity contribution >= 4 is 30.5 Å². The van der Waals surface area contributed by atoms with E-state index < -0.39 is 11.6 Å². The molecule has 2 fully saturated rings. The molecule has 0 amide bonds. The van der Waals surface area contributed by atoms with E-state index in [0.717, 1.165) is 32.7 Å². The summed E-state index contributed by atoms with van der Waals surface area (Å²) in [5.74, 6) is -0.816. The molecule has 4 nitrogen and oxygen atoms in total. The van der Waals surface area contributed by atoms with Crippen LogP contribution in [0.25, 0.3) is 0 Å². The van der Waals surface area contributed by atoms with Crippen molar-refractivity contribution in [3.63, 3.8) is 0 Å². The van der Waals surface area contributed by atoms with Gasteiger partial charge in [0.05, 0.1) is 0 Å². The van der Waals surface area contributed by atoms with Crippen LogP contribution in [0.3, 0.4) is 0 Å². The first-order valence-corrected chi connectivity index (χ1v) is 8.04. The molecule has 1 N–H and O–H groups in total. The van der Waals surface area contributed by atoms with E-state index in [9.17, 15) is 8.78 Å². The topological polar surface area (TPSA) is 27.7 Å². The summed E-state index contributed by atoms with van der Waals surface area (Å²) in [6.07, 6.45) is 2.45. The Balaban J connectivity index is 0.00000144. The van der Waals surface area contributed by atoms with Crippen molar-refractivity contribution in [2.45, 2.75) is 12.8 Å². The fourth-order valence-corrected chi connectivity index (χ4v) is 3.11. The largest absolute Gasteiger partial charge is 0.492 e. The fraction of sp³-hybridized carbons (Fsp3) is 0.625. The third-order valence-corrected chi connectivity index (χ3v) is 4.30. The summed E-state index contributed by atoms with van der Waals surface area (Å²) in [6.45, 7) is 6.17. The minimum Gasteiger partial charge on any atom is -0.492 e. The predicted molar refractivity (Wildman–Crippen MR) is 97.1 cm³/mol. The maximum Gasteiger partial charge on any atom is 0.153 e. The molecule has 24 heavy (non-hydrogen) atoms. The van der Waals surface area contributed by atoms with Crippen molar-refractivity contribution in [1.29, 1.82) is 0 Å². The van der Waals surface area contributed by atoms with Crippen molar-refractivity contribution in [2.24, 2.45) is 0 Å². The van der Waals surface area contributed by atoms with Gasteiger partial charge in [-0.3, -0.25) is 4.90 Å². The summed E-state index contributed by atoms with van der Waals surface area (Å²) in [4.78, 5) is 4.05. The number of piperazine rings is 1. The van der Waals surface area contributed by atoms with Gasteiger partial charge in [-0.15, -0.1) is 24.8 Å². The Kier molecular flexibility index (Phi) is 9.05. The van der Waals surface area contributed by atoms with Gasteiger partial charge in [-0.1, -0.05) is 0 Å². The first kappa shape index (κ1) is 21.2. The van der Waals surface area contributed by atoms with Crippen LogP contribution in [0, 0.1) is 11.6 Å². The highest BCUT2D eigenvalue weighted by atomic mass is 35.5. The highest BCUT2D eigenvalue weighted by Crippen LogP contribution is 2.28. The van der Waals surface area contributed by atoms with Crippen molar-refractivity contribution in [3.05, 3.63) is 23.8 Å². The molecule has 3 rings (SSSR count). The number of likely N-dealkylation sites (tertiary alicyclic amines) is 1. The third-order valence-electron chi connectivity index (χ3n) is 4.30. The van der Waals surface area contributed by atoms with Crippen LogP contribution in [0.15, 0.2) is 12.1 Å². The molecule has 0 bridgehead atoms. The molecule has 0 atom stereocenters. The molecule has 1 aromatic carbocycles. The Morgan fingerprint density at radius 3 is 2.12 bits per heavy atom. The van der Waals surface area contributed by atoms with Crippen molar-refractivity contribution in [1.82, 2.24) is 10.2 Å². The number of anilines is 1. The third kappa shape index (κ3) is 5.34. The van der Waals surface area contributed by atoms with E-state index in [4.69, 9.17) is 4.74 Å². The van der Waals surface area contributed by atoms with E-state index in [2.05, 4.69) is 10.2 Å². The van der Waals surface area contributed by atoms with Crippen LogP contribution in [0.5, 0.6) is 5.75 Å². The summed E-state index contributed by atoms with van der Waals surface area (Å²) in [5, 5.41) is 3.17. The maximum atomic E-state index is 14.2. The Hall–Kier alpha value is -0.820. The van der Waals surface area contributed by atoms with E-state index in [-0.39, 0.29) is 36.3 Å². The Morgan fingerprint density at radius 1 is 0.958 bits per heavy atom. The fourth-order valence-electron chi connectivity index (χ4n) is 3.11. The average molecular weight is 384 g/mol. The SMILES string of the molecule is Cl.Cl.Fc1cc(OCCN2CCCC2)cc(F)c1N1CCNCC1. The molecule has 0 radical (unpaired) electrons. The molecule has 138 valence electrons. The number of nitrogens with zero attached hydrogens (tertiary/aromatic N) is 2. The second-order valence-electron chi connectivity index (χ2n) is 5.87. The van der Waals surface area contributed by atoms with Gasteiger partial charge in [-0.2, -0.15) is 0 Å². The van der Waals surface area contributed by atoms with Gasteiger partial charge >= 0.3 is 0 Å². The quantitative estimate of drug-likeness (QED) is 0.845. The Labute approximate surface area is 154 Å². The van der Waals surface area contributed by atoms with Crippen molar-refractivity contribution < 1.29 is 13.5 Å². The molecule has 0 saturated carbocycles. The van der Waals surface area contributed by atoms with Crippen LogP contribution in [-0.2, 0) is 0 Å². The molecule has 8 heteroatoms. The van der Waals surface area contributed by atoms with E-state index >= 15 is 0 Å². The van der Waals surface area contributed by atoms with Crippen molar-refractivity contribution in [2.75, 3.05) is 57.3 Å². The molecule has 2 saturated heterocycles. The number of hydrogen-bond donors (Lipinski definition) is 1. The zero-order valence-electron chi connectivity index (χ0n) is 13.6. The summed E-state index contributed by atoms with van der Waals surface area (Å²) in [6, 6.07) is 2.59. The minimum absolute atomic E-state index is 0. The summed E-state index contributed by atoms with van der Waals surface area (Å²) in [5.41, 5.74) is 0.0633. The number of ether oxygens (including phenoxy) is 1. The van der Waals surface area contributed by atoms with Gasteiger partial charge in [0.15, 0.2) is 11.6 Å². The van der Waals surface area contributed by atoms with Crippen LogP contribution in [0.2, 0.25) is 0 Å². The lowest BCUT2D eigenvalue weighted by molar-refractivity contribution is 0.236. The lowest BCUT2D eigenvalue weighted by Gasteiger charge is -2.30. The standard InChI is InChI=1S/C16H23F2N3O.2ClH/c17-14-11-13(22-10-9-20-5-1-2-6-20)12-15(18)16(14)21-7-3-19-4-8-21;;/h11-12,19H,1-10H2;2*1H. The van der Waals surface area contributed by atoms with Gasteiger partial charge in [0, 0.05) is 44.9 Å². The Bertz CT molecular complexity index is 487. The maximum absolute atomic E-state index is 14.2. The van der Waals surface area contributed by atoms with Crippen LogP contribution in [0.1, 0.15) is 12.8 Å². The molecular weight excluding hydrogens is 359 g/mol. The van der Waals surface area contributed by atoms with E-state index in [0.29, 0.717) is 19.7 Å². The molecule has 0 unspecified atom stereocenters. The summed E-state index contributed by atoms with van der Waals surface area (Å²) < 4.78 is 34.0. The molecule has 0 aromatic heterocycles. The summed E-state index contributed by atoms with van der Waals surface area (Å²) >= 11 is 0. The number of hydrogen-bond acceptors (Lipinski definition) is 4. The van der Waals surface area contributed by atoms with E-state index in [1.54, 1.807) is 4.90 Å². The van der Waals surface area contributed by atoms with Gasteiger partial charge < -0.3 is 15.0 Å². The molecule has 0 aliphatic carbocycles. The van der Waals surface area contributed by atoms with E-state index in [1.807, 2.05) is 0 Å². The molecule has 2 heterocycles. The molecule has 2 aliphatic rings. The predicted octanol–water partition coefficient (Wildman–Crippen LogP) is 2.69. The minimum atomic E-state index is -0.543. The number of halogens is 4. The highest BCUT2D eigenvalue weighted by molar-refractivity contribution is 5.85. The molecule has 2 aliphatic heterocycles. The lowest BCUT2D eigenvalue weighted by Crippen LogP contribution is -2.44. The number of rotatable bonds is 5. The van der Waals surface area contributed by atoms with Gasteiger partial charge in [0.2, 0.25) is 0 Å². The number of benzene rings is 1. The first-order valence-electron chi connectivity index (χ1n) is 8.04. The molecule has 0 spiro atoms. The van der Waals surface area contributed by atoms with Crippen molar-refractivity contribution in [3.8, 4) is 5.75 Å².